The summed E-state index contributed by atoms with van der Waals surface area (Å²) in [6.45, 7) is 5.08. The molecular weight excluding hydrogens is 142 g/mol. The molecule has 0 aromatic rings. The van der Waals surface area contributed by atoms with E-state index < -0.39 is 5.97 Å². The molecule has 3 heteroatoms. The van der Waals surface area contributed by atoms with E-state index in [2.05, 4.69) is 6.58 Å². The molecule has 0 aromatic heterocycles. The summed E-state index contributed by atoms with van der Waals surface area (Å²) >= 11 is 0. The number of nitrogens with zero attached hydrogens (tertiary/aromatic N) is 1. The van der Waals surface area contributed by atoms with Crippen molar-refractivity contribution in [3.8, 4) is 0 Å². The van der Waals surface area contributed by atoms with Crippen LogP contribution in [0.4, 0.5) is 0 Å². The second-order valence-corrected chi connectivity index (χ2v) is 2.52. The molecule has 3 nitrogen and oxygen atoms in total. The number of aliphatic carboxylic acids is 1. The molecule has 0 atom stereocenters. The Labute approximate surface area is 67.3 Å². The van der Waals surface area contributed by atoms with Crippen LogP contribution in [0.15, 0.2) is 12.7 Å². The number of rotatable bonds is 6. The maximum Gasteiger partial charge on any atom is 0.304 e. The van der Waals surface area contributed by atoms with Gasteiger partial charge in [-0.25, -0.2) is 0 Å². The summed E-state index contributed by atoms with van der Waals surface area (Å²) in [6.07, 6.45) is 2.96. The van der Waals surface area contributed by atoms with Crippen molar-refractivity contribution >= 4 is 5.97 Å². The molecule has 0 aliphatic rings. The van der Waals surface area contributed by atoms with Gasteiger partial charge in [-0.15, -0.1) is 6.58 Å². The lowest BCUT2D eigenvalue weighted by molar-refractivity contribution is -0.137. The number of carboxylic acid groups (broad SMARTS) is 1. The van der Waals surface area contributed by atoms with Crippen LogP contribution < -0.4 is 0 Å². The van der Waals surface area contributed by atoms with E-state index in [1.807, 2.05) is 18.0 Å². The largest absolute Gasteiger partial charge is 0.481 e. The topological polar surface area (TPSA) is 40.5 Å². The number of hydrogen-bond donors (Lipinski definition) is 1. The quantitative estimate of drug-likeness (QED) is 0.584. The van der Waals surface area contributed by atoms with Gasteiger partial charge < -0.3 is 10.0 Å². The van der Waals surface area contributed by atoms with E-state index in [0.29, 0.717) is 6.54 Å². The van der Waals surface area contributed by atoms with E-state index in [1.165, 1.54) is 0 Å². The Morgan fingerprint density at radius 1 is 1.64 bits per heavy atom. The van der Waals surface area contributed by atoms with E-state index in [-0.39, 0.29) is 6.42 Å². The van der Waals surface area contributed by atoms with Crippen LogP contribution in [0.1, 0.15) is 12.8 Å². The lowest BCUT2D eigenvalue weighted by Gasteiger charge is -2.13. The van der Waals surface area contributed by atoms with Gasteiger partial charge in [-0.05, 0) is 13.5 Å². The Kier molecular flexibility index (Phi) is 5.47. The van der Waals surface area contributed by atoms with Crippen molar-refractivity contribution in [2.75, 3.05) is 20.1 Å². The van der Waals surface area contributed by atoms with E-state index >= 15 is 0 Å². The third-order valence-electron chi connectivity index (χ3n) is 1.42. The second kappa shape index (κ2) is 5.92. The minimum Gasteiger partial charge on any atom is -0.481 e. The van der Waals surface area contributed by atoms with Gasteiger partial charge in [-0.3, -0.25) is 4.79 Å². The molecule has 0 amide bonds. The molecule has 0 fully saturated rings. The zero-order valence-electron chi connectivity index (χ0n) is 6.92. The van der Waals surface area contributed by atoms with Crippen LogP contribution in [0.5, 0.6) is 0 Å². The zero-order chi connectivity index (χ0) is 8.69. The van der Waals surface area contributed by atoms with Gasteiger partial charge in [-0.2, -0.15) is 0 Å². The van der Waals surface area contributed by atoms with Crippen molar-refractivity contribution in [3.05, 3.63) is 12.7 Å². The fourth-order valence-electron chi connectivity index (χ4n) is 0.710. The molecule has 0 radical (unpaired) electrons. The Morgan fingerprint density at radius 2 is 2.27 bits per heavy atom. The van der Waals surface area contributed by atoms with Crippen molar-refractivity contribution in [1.82, 2.24) is 4.90 Å². The first-order valence-corrected chi connectivity index (χ1v) is 3.68. The second-order valence-electron chi connectivity index (χ2n) is 2.52. The predicted octanol–water partition coefficient (Wildman–Crippen LogP) is 0.969. The highest BCUT2D eigenvalue weighted by Gasteiger charge is 2.00. The Morgan fingerprint density at radius 3 is 2.73 bits per heavy atom. The molecule has 1 N–H and O–H groups in total. The van der Waals surface area contributed by atoms with Crippen molar-refractivity contribution in [2.24, 2.45) is 0 Å². The zero-order valence-corrected chi connectivity index (χ0v) is 6.92. The highest BCUT2D eigenvalue weighted by atomic mass is 16.4. The number of hydrogen-bond acceptors (Lipinski definition) is 2. The van der Waals surface area contributed by atoms with Crippen LogP contribution in [0.2, 0.25) is 0 Å². The van der Waals surface area contributed by atoms with E-state index in [9.17, 15) is 4.79 Å². The summed E-state index contributed by atoms with van der Waals surface area (Å²) in [5.41, 5.74) is 0. The molecule has 0 heterocycles. The average molecular weight is 157 g/mol. The first-order valence-electron chi connectivity index (χ1n) is 3.68. The van der Waals surface area contributed by atoms with Crippen LogP contribution in [-0.2, 0) is 4.79 Å². The molecule has 0 aliphatic heterocycles. The minimum absolute atomic E-state index is 0.216. The van der Waals surface area contributed by atoms with Gasteiger partial charge in [0, 0.05) is 13.1 Å². The van der Waals surface area contributed by atoms with Gasteiger partial charge in [0.2, 0.25) is 0 Å². The fraction of sp³-hybridized carbons (Fsp3) is 0.625. The highest BCUT2D eigenvalue weighted by Crippen LogP contribution is 1.90. The number of carboxylic acids is 1. The molecule has 0 spiro atoms. The Hall–Kier alpha value is -0.830. The number of carbonyl (C=O) groups is 1. The lowest BCUT2D eigenvalue weighted by atomic mass is 10.3. The van der Waals surface area contributed by atoms with Gasteiger partial charge in [0.1, 0.15) is 0 Å². The van der Waals surface area contributed by atoms with Crippen LogP contribution in [0, 0.1) is 0 Å². The van der Waals surface area contributed by atoms with Crippen LogP contribution in [0.25, 0.3) is 0 Å². The molecule has 0 aliphatic carbocycles. The van der Waals surface area contributed by atoms with Gasteiger partial charge >= 0.3 is 5.97 Å². The molecule has 0 bridgehead atoms. The predicted molar refractivity (Wildman–Crippen MR) is 44.6 cm³/mol. The summed E-state index contributed by atoms with van der Waals surface area (Å²) in [7, 11) is 1.91. The fourth-order valence-corrected chi connectivity index (χ4v) is 0.710. The third kappa shape index (κ3) is 7.06. The van der Waals surface area contributed by atoms with Gasteiger partial charge in [0.05, 0.1) is 6.42 Å². The maximum atomic E-state index is 10.1. The summed E-state index contributed by atoms with van der Waals surface area (Å²) in [5.74, 6) is -0.740. The molecule has 0 unspecified atom stereocenters. The normalized spacial score (nSPS) is 10.0. The first-order chi connectivity index (χ1) is 5.16. The summed E-state index contributed by atoms with van der Waals surface area (Å²) in [5, 5.41) is 8.34. The molecule has 0 saturated heterocycles. The smallest absolute Gasteiger partial charge is 0.304 e. The lowest BCUT2D eigenvalue weighted by Crippen LogP contribution is -2.22. The van der Waals surface area contributed by atoms with Crippen molar-refractivity contribution < 1.29 is 9.90 Å². The SMILES string of the molecule is C=CCCN(C)CCC(=O)O. The Balaban J connectivity index is 3.28. The molecular formula is C8H15NO2. The monoisotopic (exact) mass is 157 g/mol. The average Bonchev–Trinajstić information content (AvgIpc) is 1.97. The van der Waals surface area contributed by atoms with Crippen LogP contribution in [-0.4, -0.2) is 36.1 Å². The van der Waals surface area contributed by atoms with Gasteiger partial charge in [0.15, 0.2) is 0 Å². The van der Waals surface area contributed by atoms with E-state index in [0.717, 1.165) is 13.0 Å². The molecule has 0 aromatic carbocycles. The van der Waals surface area contributed by atoms with Gasteiger partial charge in [-0.1, -0.05) is 6.08 Å². The minimum atomic E-state index is -0.740. The van der Waals surface area contributed by atoms with Crippen molar-refractivity contribution in [3.63, 3.8) is 0 Å². The van der Waals surface area contributed by atoms with Crippen molar-refractivity contribution in [1.29, 1.82) is 0 Å². The molecule has 0 rings (SSSR count). The molecule has 64 valence electrons. The third-order valence-corrected chi connectivity index (χ3v) is 1.42. The van der Waals surface area contributed by atoms with Crippen LogP contribution in [0.3, 0.4) is 0 Å². The Bertz CT molecular complexity index is 134. The van der Waals surface area contributed by atoms with Crippen molar-refractivity contribution in [2.45, 2.75) is 12.8 Å². The van der Waals surface area contributed by atoms with Crippen LogP contribution >= 0.6 is 0 Å². The summed E-state index contributed by atoms with van der Waals surface area (Å²) in [6, 6.07) is 0. The van der Waals surface area contributed by atoms with E-state index in [1.54, 1.807) is 0 Å². The summed E-state index contributed by atoms with van der Waals surface area (Å²) < 4.78 is 0. The first kappa shape index (κ1) is 10.2. The summed E-state index contributed by atoms with van der Waals surface area (Å²) in [4.78, 5) is 12.1. The highest BCUT2D eigenvalue weighted by molar-refractivity contribution is 5.66. The standard InChI is InChI=1S/C8H15NO2/c1-3-4-6-9(2)7-5-8(10)11/h3H,1,4-7H2,2H3,(H,10,11). The molecule has 0 saturated carbocycles. The maximum absolute atomic E-state index is 10.1. The van der Waals surface area contributed by atoms with Gasteiger partial charge in [0.25, 0.3) is 0 Å². The molecule has 11 heavy (non-hydrogen) atoms. The van der Waals surface area contributed by atoms with E-state index in [4.69, 9.17) is 5.11 Å².